The molecule has 0 aliphatic heterocycles. The van der Waals surface area contributed by atoms with Gasteiger partial charge in [-0.2, -0.15) is 8.78 Å². The Bertz CT molecular complexity index is 429. The second kappa shape index (κ2) is 4.77. The van der Waals surface area contributed by atoms with Crippen LogP contribution in [0.2, 0.25) is 0 Å². The third kappa shape index (κ3) is 2.98. The summed E-state index contributed by atoms with van der Waals surface area (Å²) in [6.07, 6.45) is -5.37. The molecule has 1 rings (SSSR count). The molecule has 0 aromatic heterocycles. The number of ketones is 1. The van der Waals surface area contributed by atoms with Crippen molar-refractivity contribution in [2.45, 2.75) is 18.8 Å². The van der Waals surface area contributed by atoms with E-state index in [9.17, 15) is 31.1 Å². The fourth-order valence-corrected chi connectivity index (χ4v) is 1.08. The fourth-order valence-electron chi connectivity index (χ4n) is 1.08. The Morgan fingerprint density at radius 3 is 2.29 bits per heavy atom. The second-order valence-corrected chi connectivity index (χ2v) is 3.26. The molecule has 0 radical (unpaired) electrons. The van der Waals surface area contributed by atoms with Crippen LogP contribution in [0, 0.1) is 11.6 Å². The van der Waals surface area contributed by atoms with Crippen LogP contribution in [0.5, 0.6) is 0 Å². The van der Waals surface area contributed by atoms with Crippen molar-refractivity contribution >= 4 is 5.78 Å². The lowest BCUT2D eigenvalue weighted by Gasteiger charge is -2.13. The summed E-state index contributed by atoms with van der Waals surface area (Å²) in [6.45, 7) is 0. The summed E-state index contributed by atoms with van der Waals surface area (Å²) < 4.78 is 74.1. The summed E-state index contributed by atoms with van der Waals surface area (Å²) in [6, 6.07) is 1.87. The Kier molecular flexibility index (Phi) is 3.79. The van der Waals surface area contributed by atoms with E-state index in [1.54, 1.807) is 0 Å². The summed E-state index contributed by atoms with van der Waals surface area (Å²) in [5, 5.41) is 0. The summed E-state index contributed by atoms with van der Waals surface area (Å²) >= 11 is 0. The molecule has 0 N–H and O–H groups in total. The number of halogens is 6. The topological polar surface area (TPSA) is 17.1 Å². The molecule has 7 heteroatoms. The van der Waals surface area contributed by atoms with Gasteiger partial charge in [0, 0.05) is 12.5 Å². The number of Topliss-reactive ketones (excluding diaryl/α,β-unsaturated/α-hetero) is 1. The summed E-state index contributed by atoms with van der Waals surface area (Å²) in [4.78, 5) is 10.8. The van der Waals surface area contributed by atoms with E-state index in [1.807, 2.05) is 0 Å². The molecule has 0 atom stereocenters. The van der Waals surface area contributed by atoms with Crippen molar-refractivity contribution in [3.8, 4) is 0 Å². The highest BCUT2D eigenvalue weighted by atomic mass is 19.3. The normalized spacial score (nSPS) is 11.9. The predicted octanol–water partition coefficient (Wildman–Crippen LogP) is 2.98. The lowest BCUT2D eigenvalue weighted by molar-refractivity contribution is -0.166. The lowest BCUT2D eigenvalue weighted by atomic mass is 10.0. The monoisotopic (exact) mass is 256 g/mol. The van der Waals surface area contributed by atoms with E-state index in [1.165, 1.54) is 0 Å². The van der Waals surface area contributed by atoms with Crippen molar-refractivity contribution in [1.29, 1.82) is 0 Å². The minimum absolute atomic E-state index is 0.378. The molecule has 94 valence electrons. The first-order chi connectivity index (χ1) is 7.75. The molecule has 0 spiro atoms. The molecule has 0 fully saturated rings. The highest BCUT2D eigenvalue weighted by Crippen LogP contribution is 2.26. The third-order valence-corrected chi connectivity index (χ3v) is 2.01. The van der Waals surface area contributed by atoms with Gasteiger partial charge in [0.05, 0.1) is 0 Å². The van der Waals surface area contributed by atoms with Crippen LogP contribution in [0.3, 0.4) is 0 Å². The van der Waals surface area contributed by atoms with Crippen molar-refractivity contribution in [2.75, 3.05) is 0 Å². The quantitative estimate of drug-likeness (QED) is 0.757. The number of alkyl halides is 4. The summed E-state index contributed by atoms with van der Waals surface area (Å²) in [5.41, 5.74) is -0.559. The molecular formula is C10H6F6O. The molecule has 1 aromatic rings. The van der Waals surface area contributed by atoms with Crippen LogP contribution in [-0.2, 0) is 11.2 Å². The van der Waals surface area contributed by atoms with Crippen molar-refractivity contribution in [2.24, 2.45) is 0 Å². The number of hydrogen-bond acceptors (Lipinski definition) is 1. The zero-order valence-corrected chi connectivity index (χ0v) is 8.19. The molecule has 1 nitrogen and oxygen atoms in total. The van der Waals surface area contributed by atoms with Gasteiger partial charge in [-0.3, -0.25) is 4.79 Å². The fraction of sp³-hybridized carbons (Fsp3) is 0.300. The first-order valence-corrected chi connectivity index (χ1v) is 4.38. The van der Waals surface area contributed by atoms with E-state index in [4.69, 9.17) is 0 Å². The van der Waals surface area contributed by atoms with Crippen LogP contribution >= 0.6 is 0 Å². The minimum Gasteiger partial charge on any atom is -0.292 e. The molecule has 0 saturated carbocycles. The maximum absolute atomic E-state index is 13.0. The van der Waals surface area contributed by atoms with Crippen LogP contribution in [0.15, 0.2) is 18.2 Å². The van der Waals surface area contributed by atoms with Gasteiger partial charge < -0.3 is 0 Å². The number of hydrogen-bond donors (Lipinski definition) is 0. The van der Waals surface area contributed by atoms with E-state index < -0.39 is 41.7 Å². The number of benzene rings is 1. The molecule has 0 aliphatic rings. The van der Waals surface area contributed by atoms with Gasteiger partial charge in [0.1, 0.15) is 11.6 Å². The van der Waals surface area contributed by atoms with E-state index in [2.05, 4.69) is 0 Å². The average Bonchev–Trinajstić information content (AvgIpc) is 2.21. The lowest BCUT2D eigenvalue weighted by Crippen LogP contribution is -2.37. The van der Waals surface area contributed by atoms with Crippen LogP contribution < -0.4 is 0 Å². The van der Waals surface area contributed by atoms with Crippen LogP contribution in [-0.4, -0.2) is 18.1 Å². The summed E-state index contributed by atoms with van der Waals surface area (Å²) in [7, 11) is 0. The van der Waals surface area contributed by atoms with Gasteiger partial charge in [0.25, 0.3) is 0 Å². The van der Waals surface area contributed by atoms with Gasteiger partial charge >= 0.3 is 12.3 Å². The van der Waals surface area contributed by atoms with Gasteiger partial charge in [0.2, 0.25) is 5.78 Å². The molecule has 0 unspecified atom stereocenters. The van der Waals surface area contributed by atoms with Crippen LogP contribution in [0.1, 0.15) is 5.56 Å². The maximum atomic E-state index is 13.0. The Morgan fingerprint density at radius 1 is 1.24 bits per heavy atom. The van der Waals surface area contributed by atoms with E-state index >= 15 is 0 Å². The van der Waals surface area contributed by atoms with Crippen molar-refractivity contribution in [3.05, 3.63) is 35.4 Å². The summed E-state index contributed by atoms with van der Waals surface area (Å²) in [5.74, 6) is -9.14. The van der Waals surface area contributed by atoms with Gasteiger partial charge in [-0.1, -0.05) is 6.07 Å². The van der Waals surface area contributed by atoms with Crippen molar-refractivity contribution in [3.63, 3.8) is 0 Å². The Labute approximate surface area is 92.0 Å². The average molecular weight is 256 g/mol. The van der Waals surface area contributed by atoms with E-state index in [0.717, 1.165) is 12.1 Å². The van der Waals surface area contributed by atoms with Gasteiger partial charge in [-0.05, 0) is 11.6 Å². The van der Waals surface area contributed by atoms with Gasteiger partial charge in [-0.25, -0.2) is 17.6 Å². The minimum atomic E-state index is -4.83. The SMILES string of the molecule is O=C(Cc1ccc(F)cc1F)C(F)(F)C(F)F. The second-order valence-electron chi connectivity index (χ2n) is 3.26. The molecule has 17 heavy (non-hydrogen) atoms. The van der Waals surface area contributed by atoms with E-state index in [-0.39, 0.29) is 0 Å². The van der Waals surface area contributed by atoms with E-state index in [0.29, 0.717) is 6.07 Å². The smallest absolute Gasteiger partial charge is 0.292 e. The zero-order chi connectivity index (χ0) is 13.2. The number of rotatable bonds is 4. The molecular weight excluding hydrogens is 250 g/mol. The van der Waals surface area contributed by atoms with Crippen LogP contribution in [0.4, 0.5) is 26.3 Å². The van der Waals surface area contributed by atoms with Gasteiger partial charge in [-0.15, -0.1) is 0 Å². The van der Waals surface area contributed by atoms with Crippen LogP contribution in [0.25, 0.3) is 0 Å². The van der Waals surface area contributed by atoms with Crippen molar-refractivity contribution in [1.82, 2.24) is 0 Å². The Morgan fingerprint density at radius 2 is 1.82 bits per heavy atom. The number of carbonyl (C=O) groups is 1. The third-order valence-electron chi connectivity index (χ3n) is 2.01. The highest BCUT2D eigenvalue weighted by molar-refractivity contribution is 5.88. The zero-order valence-electron chi connectivity index (χ0n) is 8.19. The molecule has 0 heterocycles. The van der Waals surface area contributed by atoms with Gasteiger partial charge in [0.15, 0.2) is 0 Å². The predicted molar refractivity (Wildman–Crippen MR) is 46.0 cm³/mol. The highest BCUT2D eigenvalue weighted by Gasteiger charge is 2.48. The molecule has 0 saturated heterocycles. The molecule has 0 aliphatic carbocycles. The Balaban J connectivity index is 2.89. The first kappa shape index (κ1) is 13.5. The van der Waals surface area contributed by atoms with Crippen molar-refractivity contribution < 1.29 is 31.1 Å². The Hall–Kier alpha value is -1.53. The largest absolute Gasteiger partial charge is 0.364 e. The molecule has 1 aromatic carbocycles. The molecule has 0 bridgehead atoms. The maximum Gasteiger partial charge on any atom is 0.364 e. The first-order valence-electron chi connectivity index (χ1n) is 4.38. The number of carbonyl (C=O) groups excluding carboxylic acids is 1. The molecule has 0 amide bonds. The standard InChI is InChI=1S/C10H6F6O/c11-6-2-1-5(7(12)4-6)3-8(17)10(15,16)9(13)14/h1-2,4,9H,3H2.